The molecule has 0 N–H and O–H groups in total. The fraction of sp³-hybridized carbons (Fsp3) is 0.714. The zero-order valence-corrected chi connectivity index (χ0v) is 6.74. The van der Waals surface area contributed by atoms with Gasteiger partial charge in [0.1, 0.15) is 0 Å². The SMILES string of the molecule is C/C(=C\C1CC1)CBr. The highest BCUT2D eigenvalue weighted by molar-refractivity contribution is 9.09. The molecule has 0 unspecified atom stereocenters. The summed E-state index contributed by atoms with van der Waals surface area (Å²) in [7, 11) is 0. The van der Waals surface area contributed by atoms with E-state index >= 15 is 0 Å². The van der Waals surface area contributed by atoms with Crippen LogP contribution in [0.2, 0.25) is 0 Å². The summed E-state index contributed by atoms with van der Waals surface area (Å²) in [4.78, 5) is 0. The predicted molar refractivity (Wildman–Crippen MR) is 40.3 cm³/mol. The number of hydrogen-bond acceptors (Lipinski definition) is 0. The molecule has 0 aromatic heterocycles. The van der Waals surface area contributed by atoms with Crippen molar-refractivity contribution < 1.29 is 0 Å². The Balaban J connectivity index is 2.27. The molecule has 8 heavy (non-hydrogen) atoms. The van der Waals surface area contributed by atoms with E-state index in [4.69, 9.17) is 0 Å². The van der Waals surface area contributed by atoms with E-state index < -0.39 is 0 Å². The average Bonchev–Trinajstić information content (AvgIpc) is 2.50. The van der Waals surface area contributed by atoms with Gasteiger partial charge in [0.2, 0.25) is 0 Å². The minimum absolute atomic E-state index is 0.938. The monoisotopic (exact) mass is 174 g/mol. The molecule has 0 atom stereocenters. The molecule has 0 bridgehead atoms. The first-order chi connectivity index (χ1) is 3.83. The zero-order chi connectivity index (χ0) is 5.98. The molecular weight excluding hydrogens is 164 g/mol. The fourth-order valence-electron chi connectivity index (χ4n) is 0.710. The van der Waals surface area contributed by atoms with Crippen LogP contribution < -0.4 is 0 Å². The number of alkyl halides is 1. The van der Waals surface area contributed by atoms with Crippen LogP contribution in [0.1, 0.15) is 19.8 Å². The van der Waals surface area contributed by atoms with Gasteiger partial charge in [-0.25, -0.2) is 0 Å². The molecule has 0 saturated heterocycles. The molecule has 46 valence electrons. The first-order valence-electron chi connectivity index (χ1n) is 3.06. The lowest BCUT2D eigenvalue weighted by molar-refractivity contribution is 1.09. The third kappa shape index (κ3) is 1.99. The standard InChI is InChI=1S/C7H11Br/c1-6(5-8)4-7-2-3-7/h4,7H,2-3,5H2,1H3/b6-4+. The predicted octanol–water partition coefficient (Wildman–Crippen LogP) is 2.74. The van der Waals surface area contributed by atoms with Crippen molar-refractivity contribution in [1.29, 1.82) is 0 Å². The van der Waals surface area contributed by atoms with E-state index in [0.29, 0.717) is 0 Å². The molecule has 1 rings (SSSR count). The molecule has 1 aliphatic carbocycles. The maximum Gasteiger partial charge on any atom is 0.0239 e. The summed E-state index contributed by atoms with van der Waals surface area (Å²) >= 11 is 3.40. The number of rotatable bonds is 2. The third-order valence-corrected chi connectivity index (χ3v) is 2.24. The maximum absolute atomic E-state index is 3.40. The summed E-state index contributed by atoms with van der Waals surface area (Å²) < 4.78 is 0. The van der Waals surface area contributed by atoms with E-state index in [-0.39, 0.29) is 0 Å². The quantitative estimate of drug-likeness (QED) is 0.447. The van der Waals surface area contributed by atoms with Crippen molar-refractivity contribution in [3.05, 3.63) is 11.6 Å². The van der Waals surface area contributed by atoms with Gasteiger partial charge in [0, 0.05) is 5.33 Å². The molecule has 0 aromatic carbocycles. The summed E-state index contributed by atoms with van der Waals surface area (Å²) in [5, 5.41) is 1.05. The van der Waals surface area contributed by atoms with Gasteiger partial charge >= 0.3 is 0 Å². The van der Waals surface area contributed by atoms with Crippen molar-refractivity contribution in [2.45, 2.75) is 19.8 Å². The van der Waals surface area contributed by atoms with E-state index in [1.165, 1.54) is 18.4 Å². The van der Waals surface area contributed by atoms with Gasteiger partial charge < -0.3 is 0 Å². The minimum atomic E-state index is 0.938. The van der Waals surface area contributed by atoms with Crippen LogP contribution in [-0.2, 0) is 0 Å². The molecule has 1 fully saturated rings. The molecule has 0 aromatic rings. The molecule has 0 aliphatic heterocycles. The Bertz CT molecular complexity index is 101. The summed E-state index contributed by atoms with van der Waals surface area (Å²) in [5.41, 5.74) is 1.48. The third-order valence-electron chi connectivity index (χ3n) is 1.35. The number of allylic oxidation sites excluding steroid dienone is 2. The highest BCUT2D eigenvalue weighted by Gasteiger charge is 2.17. The van der Waals surface area contributed by atoms with Gasteiger partial charge in [0.15, 0.2) is 0 Å². The molecule has 1 saturated carbocycles. The van der Waals surface area contributed by atoms with E-state index in [2.05, 4.69) is 28.9 Å². The van der Waals surface area contributed by atoms with E-state index in [1.807, 2.05) is 0 Å². The van der Waals surface area contributed by atoms with Crippen molar-refractivity contribution >= 4 is 15.9 Å². The zero-order valence-electron chi connectivity index (χ0n) is 5.15. The van der Waals surface area contributed by atoms with Crippen LogP contribution in [0, 0.1) is 5.92 Å². The molecular formula is C7H11Br. The summed E-state index contributed by atoms with van der Waals surface area (Å²) in [6, 6.07) is 0. The second-order valence-corrected chi connectivity index (χ2v) is 3.04. The Morgan fingerprint density at radius 2 is 2.38 bits per heavy atom. The first kappa shape index (κ1) is 6.34. The van der Waals surface area contributed by atoms with Crippen molar-refractivity contribution in [3.63, 3.8) is 0 Å². The summed E-state index contributed by atoms with van der Waals surface area (Å²) in [6.07, 6.45) is 5.21. The molecule has 0 heterocycles. The second kappa shape index (κ2) is 2.67. The summed E-state index contributed by atoms with van der Waals surface area (Å²) in [6.45, 7) is 2.17. The van der Waals surface area contributed by atoms with Crippen molar-refractivity contribution in [2.75, 3.05) is 5.33 Å². The van der Waals surface area contributed by atoms with Gasteiger partial charge in [-0.15, -0.1) is 0 Å². The normalized spacial score (nSPS) is 21.5. The number of hydrogen-bond donors (Lipinski definition) is 0. The van der Waals surface area contributed by atoms with Gasteiger partial charge in [0.25, 0.3) is 0 Å². The highest BCUT2D eigenvalue weighted by atomic mass is 79.9. The van der Waals surface area contributed by atoms with E-state index in [0.717, 1.165) is 11.2 Å². The van der Waals surface area contributed by atoms with Gasteiger partial charge in [0.05, 0.1) is 0 Å². The van der Waals surface area contributed by atoms with Gasteiger partial charge in [-0.05, 0) is 25.7 Å². The van der Waals surface area contributed by atoms with Crippen LogP contribution in [0.5, 0.6) is 0 Å². The first-order valence-corrected chi connectivity index (χ1v) is 4.18. The largest absolute Gasteiger partial charge is 0.0880 e. The van der Waals surface area contributed by atoms with Crippen molar-refractivity contribution in [1.82, 2.24) is 0 Å². The smallest absolute Gasteiger partial charge is 0.0239 e. The molecule has 0 amide bonds. The van der Waals surface area contributed by atoms with Crippen molar-refractivity contribution in [2.24, 2.45) is 5.92 Å². The Morgan fingerprint density at radius 3 is 2.75 bits per heavy atom. The van der Waals surface area contributed by atoms with Crippen LogP contribution in [0.4, 0.5) is 0 Å². The Kier molecular flexibility index (Phi) is 2.12. The van der Waals surface area contributed by atoms with Gasteiger partial charge in [-0.1, -0.05) is 27.6 Å². The second-order valence-electron chi connectivity index (χ2n) is 2.48. The highest BCUT2D eigenvalue weighted by Crippen LogP contribution is 2.31. The lowest BCUT2D eigenvalue weighted by atomic mass is 10.2. The lowest BCUT2D eigenvalue weighted by Crippen LogP contribution is -1.75. The Hall–Kier alpha value is 0.220. The Labute approximate surface area is 59.1 Å². The van der Waals surface area contributed by atoms with Crippen LogP contribution in [0.25, 0.3) is 0 Å². The topological polar surface area (TPSA) is 0 Å². The van der Waals surface area contributed by atoms with Crippen LogP contribution in [-0.4, -0.2) is 5.33 Å². The van der Waals surface area contributed by atoms with Crippen LogP contribution >= 0.6 is 15.9 Å². The maximum atomic E-state index is 3.40. The van der Waals surface area contributed by atoms with Crippen LogP contribution in [0.15, 0.2) is 11.6 Å². The molecule has 0 nitrogen and oxygen atoms in total. The van der Waals surface area contributed by atoms with E-state index in [9.17, 15) is 0 Å². The molecule has 0 radical (unpaired) electrons. The lowest BCUT2D eigenvalue weighted by Gasteiger charge is -1.88. The Morgan fingerprint density at radius 1 is 1.75 bits per heavy atom. The molecule has 1 aliphatic rings. The van der Waals surface area contributed by atoms with Crippen molar-refractivity contribution in [3.8, 4) is 0 Å². The average molecular weight is 175 g/mol. The summed E-state index contributed by atoms with van der Waals surface area (Å²) in [5.74, 6) is 0.938. The molecule has 1 heteroatoms. The fourth-order valence-corrected chi connectivity index (χ4v) is 0.897. The van der Waals surface area contributed by atoms with Crippen LogP contribution in [0.3, 0.4) is 0 Å². The number of halogens is 1. The minimum Gasteiger partial charge on any atom is -0.0880 e. The van der Waals surface area contributed by atoms with E-state index in [1.54, 1.807) is 0 Å². The molecule has 0 spiro atoms. The van der Waals surface area contributed by atoms with Gasteiger partial charge in [-0.2, -0.15) is 0 Å². The van der Waals surface area contributed by atoms with Gasteiger partial charge in [-0.3, -0.25) is 0 Å².